The Bertz CT molecular complexity index is 539. The second kappa shape index (κ2) is 6.86. The molecule has 2 rings (SSSR count). The first-order valence-corrected chi connectivity index (χ1v) is 7.59. The molecule has 0 aliphatic carbocycles. The van der Waals surface area contributed by atoms with Crippen LogP contribution in [0.5, 0.6) is 5.75 Å². The summed E-state index contributed by atoms with van der Waals surface area (Å²) >= 11 is 1.73. The number of nitrogens with one attached hydrogen (secondary N) is 1. The molecule has 0 saturated heterocycles. The topological polar surface area (TPSA) is 21.3 Å². The molecule has 108 valence electrons. The molecule has 1 aromatic carbocycles. The van der Waals surface area contributed by atoms with Gasteiger partial charge in [0.25, 0.3) is 0 Å². The largest absolute Gasteiger partial charge is 0.497 e. The highest BCUT2D eigenvalue weighted by molar-refractivity contribution is 7.10. The van der Waals surface area contributed by atoms with Crippen molar-refractivity contribution in [3.8, 4) is 5.75 Å². The van der Waals surface area contributed by atoms with E-state index in [0.29, 0.717) is 23.8 Å². The molecule has 0 aliphatic rings. The summed E-state index contributed by atoms with van der Waals surface area (Å²) in [6, 6.07) is 9.39. The molecule has 1 aromatic heterocycles. The smallest absolute Gasteiger partial charge is 0.131 e. The standard InChI is InChI=1S/C16H20FNOS/c1-11(2)16(15-5-4-8-20-15)18-10-12-6-7-13(19-3)9-14(12)17/h4-9,11,16,18H,10H2,1-3H3. The van der Waals surface area contributed by atoms with Crippen LogP contribution in [0, 0.1) is 11.7 Å². The Labute approximate surface area is 123 Å². The van der Waals surface area contributed by atoms with Crippen molar-refractivity contribution >= 4 is 11.3 Å². The molecule has 2 nitrogen and oxygen atoms in total. The van der Waals surface area contributed by atoms with Crippen LogP contribution in [0.4, 0.5) is 4.39 Å². The minimum absolute atomic E-state index is 0.231. The van der Waals surface area contributed by atoms with Gasteiger partial charge in [-0.3, -0.25) is 0 Å². The third-order valence-electron chi connectivity index (χ3n) is 3.29. The van der Waals surface area contributed by atoms with E-state index in [1.54, 1.807) is 23.5 Å². The summed E-state index contributed by atoms with van der Waals surface area (Å²) in [5.41, 5.74) is 0.660. The first-order chi connectivity index (χ1) is 9.61. The van der Waals surface area contributed by atoms with Crippen LogP contribution in [0.1, 0.15) is 30.3 Å². The van der Waals surface area contributed by atoms with Gasteiger partial charge in [0, 0.05) is 29.1 Å². The lowest BCUT2D eigenvalue weighted by atomic mass is 10.0. The number of hydrogen-bond acceptors (Lipinski definition) is 3. The number of rotatable bonds is 6. The summed E-state index contributed by atoms with van der Waals surface area (Å²) in [6.45, 7) is 4.85. The third-order valence-corrected chi connectivity index (χ3v) is 4.24. The van der Waals surface area contributed by atoms with Gasteiger partial charge in [0.15, 0.2) is 0 Å². The van der Waals surface area contributed by atoms with Gasteiger partial charge in [-0.25, -0.2) is 4.39 Å². The lowest BCUT2D eigenvalue weighted by Crippen LogP contribution is -2.25. The zero-order valence-electron chi connectivity index (χ0n) is 12.0. The zero-order valence-corrected chi connectivity index (χ0v) is 12.8. The highest BCUT2D eigenvalue weighted by atomic mass is 32.1. The molecule has 0 radical (unpaired) electrons. The van der Waals surface area contributed by atoms with Gasteiger partial charge in [0.05, 0.1) is 7.11 Å². The summed E-state index contributed by atoms with van der Waals surface area (Å²) in [6.07, 6.45) is 0. The van der Waals surface area contributed by atoms with Gasteiger partial charge in [-0.2, -0.15) is 0 Å². The van der Waals surface area contributed by atoms with E-state index in [4.69, 9.17) is 4.74 Å². The van der Waals surface area contributed by atoms with Crippen LogP contribution >= 0.6 is 11.3 Å². The Balaban J connectivity index is 2.06. The van der Waals surface area contributed by atoms with Crippen LogP contribution in [-0.2, 0) is 6.54 Å². The SMILES string of the molecule is COc1ccc(CNC(c2cccs2)C(C)C)c(F)c1. The highest BCUT2D eigenvalue weighted by Gasteiger charge is 2.16. The fraction of sp³-hybridized carbons (Fsp3) is 0.375. The maximum atomic E-state index is 13.9. The lowest BCUT2D eigenvalue weighted by molar-refractivity contribution is 0.403. The molecular formula is C16H20FNOS. The van der Waals surface area contributed by atoms with E-state index in [-0.39, 0.29) is 11.9 Å². The molecule has 1 atom stereocenters. The zero-order chi connectivity index (χ0) is 14.5. The predicted octanol–water partition coefficient (Wildman–Crippen LogP) is 4.38. The summed E-state index contributed by atoms with van der Waals surface area (Å²) < 4.78 is 18.9. The Morgan fingerprint density at radius 3 is 2.65 bits per heavy atom. The number of benzene rings is 1. The Morgan fingerprint density at radius 1 is 1.30 bits per heavy atom. The first-order valence-electron chi connectivity index (χ1n) is 6.71. The second-order valence-corrected chi connectivity index (χ2v) is 6.05. The van der Waals surface area contributed by atoms with E-state index in [1.165, 1.54) is 18.1 Å². The summed E-state index contributed by atoms with van der Waals surface area (Å²) in [5, 5.41) is 5.52. The van der Waals surface area contributed by atoms with E-state index >= 15 is 0 Å². The van der Waals surface area contributed by atoms with Crippen molar-refractivity contribution in [2.45, 2.75) is 26.4 Å². The van der Waals surface area contributed by atoms with Crippen LogP contribution in [0.3, 0.4) is 0 Å². The second-order valence-electron chi connectivity index (χ2n) is 5.08. The highest BCUT2D eigenvalue weighted by Crippen LogP contribution is 2.26. The van der Waals surface area contributed by atoms with Crippen LogP contribution in [0.15, 0.2) is 35.7 Å². The van der Waals surface area contributed by atoms with Crippen molar-refractivity contribution in [3.63, 3.8) is 0 Å². The molecule has 1 heterocycles. The predicted molar refractivity (Wildman–Crippen MR) is 81.7 cm³/mol. The normalized spacial score (nSPS) is 12.7. The van der Waals surface area contributed by atoms with E-state index in [1.807, 2.05) is 6.07 Å². The third kappa shape index (κ3) is 3.58. The molecule has 4 heteroatoms. The molecule has 0 amide bonds. The maximum Gasteiger partial charge on any atom is 0.131 e. The Morgan fingerprint density at radius 2 is 2.10 bits per heavy atom. The molecule has 0 aliphatic heterocycles. The summed E-state index contributed by atoms with van der Waals surface area (Å²) in [4.78, 5) is 1.29. The molecular weight excluding hydrogens is 273 g/mol. The van der Waals surface area contributed by atoms with E-state index in [9.17, 15) is 4.39 Å². The fourth-order valence-electron chi connectivity index (χ4n) is 2.15. The maximum absolute atomic E-state index is 13.9. The average molecular weight is 293 g/mol. The minimum Gasteiger partial charge on any atom is -0.497 e. The quantitative estimate of drug-likeness (QED) is 0.853. The van der Waals surface area contributed by atoms with Crippen molar-refractivity contribution in [3.05, 3.63) is 52.0 Å². The van der Waals surface area contributed by atoms with Gasteiger partial charge in [-0.1, -0.05) is 26.0 Å². The molecule has 20 heavy (non-hydrogen) atoms. The van der Waals surface area contributed by atoms with Crippen LogP contribution in [-0.4, -0.2) is 7.11 Å². The minimum atomic E-state index is -0.231. The molecule has 1 N–H and O–H groups in total. The van der Waals surface area contributed by atoms with E-state index in [2.05, 4.69) is 30.6 Å². The van der Waals surface area contributed by atoms with Crippen LogP contribution in [0.25, 0.3) is 0 Å². The van der Waals surface area contributed by atoms with Gasteiger partial charge < -0.3 is 10.1 Å². The number of halogens is 1. The number of hydrogen-bond donors (Lipinski definition) is 1. The number of ether oxygens (including phenoxy) is 1. The van der Waals surface area contributed by atoms with Gasteiger partial charge in [-0.15, -0.1) is 11.3 Å². The van der Waals surface area contributed by atoms with Gasteiger partial charge >= 0.3 is 0 Å². The number of methoxy groups -OCH3 is 1. The monoisotopic (exact) mass is 293 g/mol. The summed E-state index contributed by atoms with van der Waals surface area (Å²) in [7, 11) is 1.54. The van der Waals surface area contributed by atoms with Crippen molar-refractivity contribution in [2.75, 3.05) is 7.11 Å². The van der Waals surface area contributed by atoms with Crippen LogP contribution in [0.2, 0.25) is 0 Å². The molecule has 1 unspecified atom stereocenters. The fourth-order valence-corrected chi connectivity index (χ4v) is 3.12. The van der Waals surface area contributed by atoms with Crippen molar-refractivity contribution < 1.29 is 9.13 Å². The Kier molecular flexibility index (Phi) is 5.15. The lowest BCUT2D eigenvalue weighted by Gasteiger charge is -2.21. The molecule has 2 aromatic rings. The number of thiophene rings is 1. The summed E-state index contributed by atoms with van der Waals surface area (Å²) in [5.74, 6) is 0.769. The van der Waals surface area contributed by atoms with E-state index in [0.717, 1.165) is 0 Å². The molecule has 0 saturated carbocycles. The van der Waals surface area contributed by atoms with Gasteiger partial charge in [0.2, 0.25) is 0 Å². The van der Waals surface area contributed by atoms with Crippen molar-refractivity contribution in [2.24, 2.45) is 5.92 Å². The van der Waals surface area contributed by atoms with E-state index < -0.39 is 0 Å². The van der Waals surface area contributed by atoms with Crippen molar-refractivity contribution in [1.82, 2.24) is 5.32 Å². The Hall–Kier alpha value is -1.39. The average Bonchev–Trinajstić information content (AvgIpc) is 2.94. The molecule has 0 bridgehead atoms. The van der Waals surface area contributed by atoms with Crippen molar-refractivity contribution in [1.29, 1.82) is 0 Å². The van der Waals surface area contributed by atoms with Gasteiger partial charge in [-0.05, 0) is 23.4 Å². The molecule has 0 fully saturated rings. The molecule has 0 spiro atoms. The van der Waals surface area contributed by atoms with Crippen LogP contribution < -0.4 is 10.1 Å². The van der Waals surface area contributed by atoms with Gasteiger partial charge in [0.1, 0.15) is 11.6 Å². The first kappa shape index (κ1) is 15.0.